The average molecular weight is 449 g/mol. The normalized spacial score (nSPS) is 13.5. The predicted octanol–water partition coefficient (Wildman–Crippen LogP) is 3.66. The number of hydrogen-bond donors (Lipinski definition) is 2. The van der Waals surface area contributed by atoms with Crippen molar-refractivity contribution in [2.45, 2.75) is 36.2 Å². The van der Waals surface area contributed by atoms with Gasteiger partial charge in [-0.1, -0.05) is 84.9 Å². The zero-order chi connectivity index (χ0) is 22.8. The SMILES string of the molecule is NC(Cc1ccccc1)C(=O)NC(C=CS(=O)(=O)c1ccccc1)CCc1ccccc1. The summed E-state index contributed by atoms with van der Waals surface area (Å²) in [7, 11) is -3.61. The quantitative estimate of drug-likeness (QED) is 0.495. The van der Waals surface area contributed by atoms with Crippen molar-refractivity contribution < 1.29 is 13.2 Å². The van der Waals surface area contributed by atoms with Crippen LogP contribution in [0.15, 0.2) is 107 Å². The third-order valence-corrected chi connectivity index (χ3v) is 6.56. The molecular formula is C26H28N2O3S. The van der Waals surface area contributed by atoms with Gasteiger partial charge in [-0.2, -0.15) is 0 Å². The lowest BCUT2D eigenvalue weighted by Gasteiger charge is -2.19. The number of carbonyl (C=O) groups excluding carboxylic acids is 1. The molecule has 166 valence electrons. The summed E-state index contributed by atoms with van der Waals surface area (Å²) in [5, 5.41) is 4.08. The molecule has 0 heterocycles. The van der Waals surface area contributed by atoms with Crippen LogP contribution in [0.3, 0.4) is 0 Å². The van der Waals surface area contributed by atoms with E-state index in [0.717, 1.165) is 11.1 Å². The molecule has 1 amide bonds. The summed E-state index contributed by atoms with van der Waals surface area (Å²) in [4.78, 5) is 13.0. The Hall–Kier alpha value is -3.22. The molecule has 0 saturated heterocycles. The minimum Gasteiger partial charge on any atom is -0.349 e. The number of carbonyl (C=O) groups is 1. The van der Waals surface area contributed by atoms with E-state index < -0.39 is 21.9 Å². The van der Waals surface area contributed by atoms with Gasteiger partial charge in [-0.15, -0.1) is 0 Å². The lowest BCUT2D eigenvalue weighted by atomic mass is 10.0. The van der Waals surface area contributed by atoms with Crippen molar-refractivity contribution in [2.24, 2.45) is 5.73 Å². The number of benzene rings is 3. The van der Waals surface area contributed by atoms with Crippen LogP contribution in [0.2, 0.25) is 0 Å². The first-order valence-electron chi connectivity index (χ1n) is 10.6. The number of amides is 1. The highest BCUT2D eigenvalue weighted by molar-refractivity contribution is 7.94. The van der Waals surface area contributed by atoms with Crippen molar-refractivity contribution in [1.29, 1.82) is 0 Å². The molecule has 3 N–H and O–H groups in total. The summed E-state index contributed by atoms with van der Waals surface area (Å²) in [5.74, 6) is -0.311. The van der Waals surface area contributed by atoms with Gasteiger partial charge in [0.1, 0.15) is 0 Å². The van der Waals surface area contributed by atoms with Gasteiger partial charge < -0.3 is 11.1 Å². The van der Waals surface area contributed by atoms with Gasteiger partial charge >= 0.3 is 0 Å². The summed E-state index contributed by atoms with van der Waals surface area (Å²) in [6, 6.07) is 26.4. The topological polar surface area (TPSA) is 89.3 Å². The average Bonchev–Trinajstić information content (AvgIpc) is 2.82. The van der Waals surface area contributed by atoms with Gasteiger partial charge in [0.25, 0.3) is 0 Å². The summed E-state index contributed by atoms with van der Waals surface area (Å²) < 4.78 is 25.3. The first-order valence-corrected chi connectivity index (χ1v) is 12.1. The van der Waals surface area contributed by atoms with E-state index in [-0.39, 0.29) is 10.8 Å². The molecule has 0 aliphatic heterocycles. The van der Waals surface area contributed by atoms with Crippen LogP contribution >= 0.6 is 0 Å². The Kier molecular flexibility index (Phi) is 8.36. The standard InChI is InChI=1S/C26H28N2O3S/c27-25(20-22-12-6-2-7-13-22)26(29)28-23(17-16-21-10-4-1-5-11-21)18-19-32(30,31)24-14-8-3-9-15-24/h1-15,18-19,23,25H,16-17,20,27H2,(H,28,29). The Balaban J connectivity index is 1.71. The number of nitrogens with one attached hydrogen (secondary N) is 1. The number of rotatable bonds is 10. The molecule has 0 bridgehead atoms. The fourth-order valence-corrected chi connectivity index (χ4v) is 4.41. The number of sulfone groups is 1. The molecule has 6 heteroatoms. The van der Waals surface area contributed by atoms with Gasteiger partial charge in [-0.05, 0) is 42.5 Å². The Labute approximate surface area is 189 Å². The van der Waals surface area contributed by atoms with E-state index in [1.165, 1.54) is 5.41 Å². The Morgan fingerprint density at radius 1 is 0.844 bits per heavy atom. The highest BCUT2D eigenvalue weighted by Crippen LogP contribution is 2.13. The number of nitrogens with two attached hydrogens (primary N) is 1. The molecule has 2 unspecified atom stereocenters. The molecule has 3 rings (SSSR count). The van der Waals surface area contributed by atoms with Crippen molar-refractivity contribution in [3.05, 3.63) is 114 Å². The second-order valence-corrected chi connectivity index (χ2v) is 9.46. The molecule has 0 aliphatic rings. The van der Waals surface area contributed by atoms with Crippen LogP contribution < -0.4 is 11.1 Å². The van der Waals surface area contributed by atoms with Crippen LogP contribution in [0.5, 0.6) is 0 Å². The summed E-state index contributed by atoms with van der Waals surface area (Å²) >= 11 is 0. The highest BCUT2D eigenvalue weighted by Gasteiger charge is 2.18. The molecule has 0 fully saturated rings. The maximum absolute atomic E-state index is 12.7. The molecule has 3 aromatic carbocycles. The van der Waals surface area contributed by atoms with Crippen LogP contribution in [-0.2, 0) is 27.5 Å². The summed E-state index contributed by atoms with van der Waals surface area (Å²) in [5.41, 5.74) is 8.20. The Morgan fingerprint density at radius 2 is 1.38 bits per heavy atom. The van der Waals surface area contributed by atoms with Crippen molar-refractivity contribution >= 4 is 15.7 Å². The van der Waals surface area contributed by atoms with Gasteiger partial charge in [-0.25, -0.2) is 8.42 Å². The van der Waals surface area contributed by atoms with Crippen LogP contribution in [0.4, 0.5) is 0 Å². The smallest absolute Gasteiger partial charge is 0.237 e. The van der Waals surface area contributed by atoms with Crippen LogP contribution in [0, 0.1) is 0 Å². The van der Waals surface area contributed by atoms with Gasteiger partial charge in [0.15, 0.2) is 9.84 Å². The van der Waals surface area contributed by atoms with E-state index in [1.807, 2.05) is 60.7 Å². The van der Waals surface area contributed by atoms with Crippen molar-refractivity contribution in [2.75, 3.05) is 0 Å². The van der Waals surface area contributed by atoms with Gasteiger partial charge in [-0.3, -0.25) is 4.79 Å². The molecule has 32 heavy (non-hydrogen) atoms. The summed E-state index contributed by atoms with van der Waals surface area (Å²) in [6.07, 6.45) is 3.19. The lowest BCUT2D eigenvalue weighted by Crippen LogP contribution is -2.46. The highest BCUT2D eigenvalue weighted by atomic mass is 32.2. The summed E-state index contributed by atoms with van der Waals surface area (Å²) in [6.45, 7) is 0. The monoisotopic (exact) mass is 448 g/mol. The van der Waals surface area contributed by atoms with E-state index >= 15 is 0 Å². The molecule has 5 nitrogen and oxygen atoms in total. The van der Waals surface area contributed by atoms with E-state index in [0.29, 0.717) is 19.3 Å². The van der Waals surface area contributed by atoms with E-state index in [9.17, 15) is 13.2 Å². The Morgan fingerprint density at radius 3 is 1.97 bits per heavy atom. The fourth-order valence-electron chi connectivity index (χ4n) is 3.32. The number of aryl methyl sites for hydroxylation is 1. The van der Waals surface area contributed by atoms with Gasteiger partial charge in [0, 0.05) is 11.4 Å². The first kappa shape index (κ1) is 23.4. The van der Waals surface area contributed by atoms with Crippen molar-refractivity contribution in [3.63, 3.8) is 0 Å². The largest absolute Gasteiger partial charge is 0.349 e. The van der Waals surface area contributed by atoms with E-state index in [1.54, 1.807) is 36.4 Å². The second-order valence-electron chi connectivity index (χ2n) is 7.62. The van der Waals surface area contributed by atoms with Crippen LogP contribution in [-0.4, -0.2) is 26.4 Å². The van der Waals surface area contributed by atoms with Crippen LogP contribution in [0.1, 0.15) is 17.5 Å². The molecule has 0 aromatic heterocycles. The van der Waals surface area contributed by atoms with Gasteiger partial charge in [0.05, 0.1) is 10.9 Å². The molecule has 0 saturated carbocycles. The minimum absolute atomic E-state index is 0.213. The lowest BCUT2D eigenvalue weighted by molar-refractivity contribution is -0.122. The van der Waals surface area contributed by atoms with E-state index in [4.69, 9.17) is 5.73 Å². The Bertz CT molecular complexity index is 1120. The van der Waals surface area contributed by atoms with Crippen molar-refractivity contribution in [1.82, 2.24) is 5.32 Å². The zero-order valence-electron chi connectivity index (χ0n) is 17.8. The molecule has 2 atom stereocenters. The molecule has 0 aliphatic carbocycles. The van der Waals surface area contributed by atoms with Crippen molar-refractivity contribution in [3.8, 4) is 0 Å². The van der Waals surface area contributed by atoms with E-state index in [2.05, 4.69) is 5.32 Å². The first-order chi connectivity index (χ1) is 15.4. The molecular weight excluding hydrogens is 420 g/mol. The van der Waals surface area contributed by atoms with Gasteiger partial charge in [0.2, 0.25) is 5.91 Å². The predicted molar refractivity (Wildman–Crippen MR) is 128 cm³/mol. The third kappa shape index (κ3) is 7.18. The maximum Gasteiger partial charge on any atom is 0.237 e. The second kappa shape index (κ2) is 11.4. The molecule has 3 aromatic rings. The minimum atomic E-state index is -3.61. The van der Waals surface area contributed by atoms with Crippen LogP contribution in [0.25, 0.3) is 0 Å². The number of hydrogen-bond acceptors (Lipinski definition) is 4. The maximum atomic E-state index is 12.7. The fraction of sp³-hybridized carbons (Fsp3) is 0.192. The molecule has 0 radical (unpaired) electrons. The third-order valence-electron chi connectivity index (χ3n) is 5.11. The zero-order valence-corrected chi connectivity index (χ0v) is 18.6. The molecule has 0 spiro atoms.